The molecule has 1 aromatic heterocycles. The minimum absolute atomic E-state index is 1.27. The van der Waals surface area contributed by atoms with Crippen LogP contribution in [-0.4, -0.2) is 0 Å². The highest BCUT2D eigenvalue weighted by molar-refractivity contribution is 7.13. The molecule has 0 bridgehead atoms. The highest BCUT2D eigenvalue weighted by atomic mass is 32.1. The average molecular weight is 280 g/mol. The Morgan fingerprint density at radius 3 is 2.40 bits per heavy atom. The molecule has 0 aliphatic heterocycles. The van der Waals surface area contributed by atoms with E-state index in [0.717, 1.165) is 0 Å². The van der Waals surface area contributed by atoms with Gasteiger partial charge in [-0.1, -0.05) is 41.7 Å². The Morgan fingerprint density at radius 1 is 0.900 bits per heavy atom. The van der Waals surface area contributed by atoms with Crippen molar-refractivity contribution >= 4 is 11.3 Å². The number of rotatable bonds is 2. The Morgan fingerprint density at radius 2 is 1.65 bits per heavy atom. The smallest absolute Gasteiger partial charge is 0.184 e. The summed E-state index contributed by atoms with van der Waals surface area (Å²) in [4.78, 5) is 0. The van der Waals surface area contributed by atoms with Gasteiger partial charge in [-0.3, -0.25) is 0 Å². The summed E-state index contributed by atoms with van der Waals surface area (Å²) >= 11 is 1.80. The number of hydrogen-bond donors (Lipinski definition) is 0. The van der Waals surface area contributed by atoms with Gasteiger partial charge in [0.05, 0.1) is 16.5 Å². The van der Waals surface area contributed by atoms with E-state index in [1.54, 1.807) is 11.3 Å². The molecule has 0 atom stereocenters. The lowest BCUT2D eigenvalue weighted by Crippen LogP contribution is -2.30. The molecule has 0 unspecified atom stereocenters. The van der Waals surface area contributed by atoms with Crippen LogP contribution in [0.5, 0.6) is 0 Å². The van der Waals surface area contributed by atoms with Gasteiger partial charge in [0.2, 0.25) is 5.69 Å². The first kappa shape index (κ1) is 13.1. The van der Waals surface area contributed by atoms with Crippen LogP contribution in [-0.2, 0) is 7.05 Å². The van der Waals surface area contributed by atoms with Crippen LogP contribution >= 0.6 is 11.3 Å². The minimum atomic E-state index is 1.27. The Kier molecular flexibility index (Phi) is 3.41. The van der Waals surface area contributed by atoms with E-state index in [1.807, 2.05) is 0 Å². The second-order valence-electron chi connectivity index (χ2n) is 5.10. The molecular formula is C18H18NS+. The summed E-state index contributed by atoms with van der Waals surface area (Å²) in [5, 5.41) is 3.55. The van der Waals surface area contributed by atoms with Gasteiger partial charge in [-0.25, -0.2) is 0 Å². The van der Waals surface area contributed by atoms with E-state index in [2.05, 4.69) is 79.4 Å². The van der Waals surface area contributed by atoms with Crippen LogP contribution in [0.3, 0.4) is 0 Å². The lowest BCUT2D eigenvalue weighted by molar-refractivity contribution is -0.644. The fourth-order valence-electron chi connectivity index (χ4n) is 2.49. The van der Waals surface area contributed by atoms with Crippen LogP contribution < -0.4 is 4.57 Å². The standard InChI is InChI=1S/C18H18NS/c1-13-8-7-11-16(14(13)2)17-12-20-18(19(17)3)15-9-5-4-6-10-15/h4-12H,1-3H3/q+1. The maximum Gasteiger partial charge on any atom is 0.269 e. The SMILES string of the molecule is Cc1cccc(-c2csc(-c3ccccc3)[n+]2C)c1C. The van der Waals surface area contributed by atoms with Gasteiger partial charge in [-0.15, -0.1) is 0 Å². The lowest BCUT2D eigenvalue weighted by Gasteiger charge is -2.04. The Hall–Kier alpha value is -1.93. The van der Waals surface area contributed by atoms with Crippen LogP contribution in [0.2, 0.25) is 0 Å². The van der Waals surface area contributed by atoms with Gasteiger partial charge >= 0.3 is 0 Å². The molecule has 3 aromatic rings. The van der Waals surface area contributed by atoms with Gasteiger partial charge in [0.25, 0.3) is 5.01 Å². The first-order valence-electron chi connectivity index (χ1n) is 6.78. The fourth-order valence-corrected chi connectivity index (χ4v) is 3.53. The molecule has 1 heterocycles. The quantitative estimate of drug-likeness (QED) is 0.607. The number of thiazole rings is 1. The van der Waals surface area contributed by atoms with Gasteiger partial charge in [-0.2, -0.15) is 4.57 Å². The van der Waals surface area contributed by atoms with Crippen molar-refractivity contribution in [3.05, 3.63) is 65.0 Å². The summed E-state index contributed by atoms with van der Waals surface area (Å²) < 4.78 is 2.29. The highest BCUT2D eigenvalue weighted by Gasteiger charge is 2.20. The molecular weight excluding hydrogens is 262 g/mol. The molecule has 0 saturated heterocycles. The monoisotopic (exact) mass is 280 g/mol. The maximum absolute atomic E-state index is 2.29. The Balaban J connectivity index is 2.14. The largest absolute Gasteiger partial charge is 0.269 e. The molecule has 2 aromatic carbocycles. The van der Waals surface area contributed by atoms with Crippen LogP contribution in [0, 0.1) is 13.8 Å². The van der Waals surface area contributed by atoms with Gasteiger partial charge < -0.3 is 0 Å². The highest BCUT2D eigenvalue weighted by Crippen LogP contribution is 2.29. The summed E-state index contributed by atoms with van der Waals surface area (Å²) in [5.41, 5.74) is 6.59. The summed E-state index contributed by atoms with van der Waals surface area (Å²) in [6, 6.07) is 17.1. The molecule has 0 amide bonds. The van der Waals surface area contributed by atoms with Gasteiger partial charge in [-0.05, 0) is 43.2 Å². The van der Waals surface area contributed by atoms with E-state index < -0.39 is 0 Å². The topological polar surface area (TPSA) is 3.88 Å². The van der Waals surface area contributed by atoms with Crippen molar-refractivity contribution in [1.82, 2.24) is 0 Å². The Labute approximate surface area is 124 Å². The molecule has 1 nitrogen and oxygen atoms in total. The number of benzene rings is 2. The zero-order valence-electron chi connectivity index (χ0n) is 12.1. The summed E-state index contributed by atoms with van der Waals surface area (Å²) in [7, 11) is 2.15. The minimum Gasteiger partial charge on any atom is -0.184 e. The molecule has 0 fully saturated rings. The predicted molar refractivity (Wildman–Crippen MR) is 85.8 cm³/mol. The molecule has 3 rings (SSSR count). The first-order valence-corrected chi connectivity index (χ1v) is 7.66. The van der Waals surface area contributed by atoms with E-state index in [0.29, 0.717) is 0 Å². The summed E-state index contributed by atoms with van der Waals surface area (Å²) in [6.45, 7) is 4.37. The zero-order valence-corrected chi connectivity index (χ0v) is 12.9. The van der Waals surface area contributed by atoms with E-state index in [-0.39, 0.29) is 0 Å². The van der Waals surface area contributed by atoms with Crippen molar-refractivity contribution in [3.63, 3.8) is 0 Å². The van der Waals surface area contributed by atoms with Crippen molar-refractivity contribution in [2.75, 3.05) is 0 Å². The van der Waals surface area contributed by atoms with E-state index in [1.165, 1.54) is 33.0 Å². The van der Waals surface area contributed by atoms with Crippen molar-refractivity contribution < 1.29 is 4.57 Å². The van der Waals surface area contributed by atoms with Crippen molar-refractivity contribution in [2.24, 2.45) is 7.05 Å². The molecule has 0 saturated carbocycles. The first-order chi connectivity index (χ1) is 9.68. The van der Waals surface area contributed by atoms with E-state index in [4.69, 9.17) is 0 Å². The van der Waals surface area contributed by atoms with Crippen LogP contribution in [0.4, 0.5) is 0 Å². The third-order valence-corrected chi connectivity index (χ3v) is 4.92. The Bertz CT molecular complexity index is 741. The van der Waals surface area contributed by atoms with Crippen molar-refractivity contribution in [1.29, 1.82) is 0 Å². The molecule has 0 spiro atoms. The molecule has 0 radical (unpaired) electrons. The fraction of sp³-hybridized carbons (Fsp3) is 0.167. The second kappa shape index (κ2) is 5.22. The number of aryl methyl sites for hydroxylation is 1. The van der Waals surface area contributed by atoms with Gasteiger partial charge in [0, 0.05) is 0 Å². The molecule has 0 aliphatic rings. The molecule has 100 valence electrons. The van der Waals surface area contributed by atoms with Gasteiger partial charge in [0.15, 0.2) is 0 Å². The third-order valence-electron chi connectivity index (χ3n) is 3.85. The lowest BCUT2D eigenvalue weighted by atomic mass is 10.0. The number of aromatic nitrogens is 1. The van der Waals surface area contributed by atoms with Crippen molar-refractivity contribution in [2.45, 2.75) is 13.8 Å². The number of nitrogens with zero attached hydrogens (tertiary/aromatic N) is 1. The average Bonchev–Trinajstić information content (AvgIpc) is 2.85. The maximum atomic E-state index is 2.29. The van der Waals surface area contributed by atoms with Crippen molar-refractivity contribution in [3.8, 4) is 21.8 Å². The molecule has 0 aliphatic carbocycles. The van der Waals surface area contributed by atoms with Gasteiger partial charge in [0.1, 0.15) is 7.05 Å². The summed E-state index contributed by atoms with van der Waals surface area (Å²) in [6.07, 6.45) is 0. The molecule has 20 heavy (non-hydrogen) atoms. The molecule has 2 heteroatoms. The second-order valence-corrected chi connectivity index (χ2v) is 5.96. The van der Waals surface area contributed by atoms with E-state index >= 15 is 0 Å². The third kappa shape index (κ3) is 2.16. The summed E-state index contributed by atoms with van der Waals surface area (Å²) in [5.74, 6) is 0. The van der Waals surface area contributed by atoms with Crippen LogP contribution in [0.25, 0.3) is 21.8 Å². The zero-order chi connectivity index (χ0) is 14.1. The van der Waals surface area contributed by atoms with Crippen LogP contribution in [0.15, 0.2) is 53.9 Å². The van der Waals surface area contributed by atoms with Crippen LogP contribution in [0.1, 0.15) is 11.1 Å². The number of hydrogen-bond acceptors (Lipinski definition) is 1. The normalized spacial score (nSPS) is 10.8. The van der Waals surface area contributed by atoms with E-state index in [9.17, 15) is 0 Å². The molecule has 0 N–H and O–H groups in total. The predicted octanol–water partition coefficient (Wildman–Crippen LogP) is 4.52.